The van der Waals surface area contributed by atoms with E-state index in [1.165, 1.54) is 4.90 Å². The summed E-state index contributed by atoms with van der Waals surface area (Å²) in [6, 6.07) is 0. The molecule has 0 saturated carbocycles. The van der Waals surface area contributed by atoms with Crippen molar-refractivity contribution in [1.29, 1.82) is 0 Å². The molecule has 0 aromatic heterocycles. The molecule has 6 heteroatoms. The lowest BCUT2D eigenvalue weighted by Gasteiger charge is -2.27. The van der Waals surface area contributed by atoms with Gasteiger partial charge in [-0.05, 0) is 0 Å². The fraction of sp³-hybridized carbons (Fsp3) is 0.200. The van der Waals surface area contributed by atoms with Gasteiger partial charge in [0.2, 0.25) is 0 Å². The first-order valence-corrected chi connectivity index (χ1v) is 4.73. The quantitative estimate of drug-likeness (QED) is 0.709. The van der Waals surface area contributed by atoms with Crippen molar-refractivity contribution in [2.24, 2.45) is 4.99 Å². The monoisotopic (exact) mass is 220 g/mol. The molecule has 2 aliphatic heterocycles. The molecule has 2 rings (SSSR count). The molecule has 16 heavy (non-hydrogen) atoms. The fourth-order valence-corrected chi connectivity index (χ4v) is 1.21. The maximum absolute atomic E-state index is 11.4. The maximum atomic E-state index is 11.4. The van der Waals surface area contributed by atoms with Crippen molar-refractivity contribution >= 4 is 12.3 Å². The van der Waals surface area contributed by atoms with Crippen molar-refractivity contribution in [3.8, 4) is 0 Å². The van der Waals surface area contributed by atoms with Crippen LogP contribution in [0.3, 0.4) is 0 Å². The first-order valence-electron chi connectivity index (χ1n) is 4.73. The second kappa shape index (κ2) is 4.09. The molecule has 0 radical (unpaired) electrons. The van der Waals surface area contributed by atoms with Crippen LogP contribution in [0.15, 0.2) is 41.1 Å². The topological polar surface area (TPSA) is 57.2 Å². The van der Waals surface area contributed by atoms with E-state index in [0.29, 0.717) is 11.5 Å². The highest BCUT2D eigenvalue weighted by atomic mass is 16.6. The molecule has 0 spiro atoms. The third-order valence-corrected chi connectivity index (χ3v) is 2.02. The van der Waals surface area contributed by atoms with Crippen LogP contribution in [0.5, 0.6) is 0 Å². The Kier molecular flexibility index (Phi) is 2.63. The van der Waals surface area contributed by atoms with Crippen molar-refractivity contribution in [2.75, 3.05) is 14.1 Å². The molecule has 0 aromatic carbocycles. The van der Waals surface area contributed by atoms with Gasteiger partial charge in [-0.15, -0.1) is 0 Å². The average molecular weight is 220 g/mol. The largest absolute Gasteiger partial charge is 0.414 e. The molecule has 0 unspecified atom stereocenters. The highest BCUT2D eigenvalue weighted by molar-refractivity contribution is 5.82. The molecule has 0 aromatic rings. The number of hydrogen-bond acceptors (Lipinski definition) is 5. The van der Waals surface area contributed by atoms with Gasteiger partial charge in [-0.2, -0.15) is 0 Å². The first-order chi connectivity index (χ1) is 7.68. The standard InChI is InChI=1S/C10H12N4O2/c1-13(2)10(15)16-9-3-4-12-14-6-5-11-7-8(9)14/h3-7,12H,1-2H3. The van der Waals surface area contributed by atoms with Crippen molar-refractivity contribution in [2.45, 2.75) is 0 Å². The van der Waals surface area contributed by atoms with E-state index in [1.807, 2.05) is 0 Å². The lowest BCUT2D eigenvalue weighted by molar-refractivity contribution is 0.146. The lowest BCUT2D eigenvalue weighted by atomic mass is 10.3. The number of allylic oxidation sites excluding steroid dienone is 2. The molecule has 0 saturated heterocycles. The summed E-state index contributed by atoms with van der Waals surface area (Å²) in [6.07, 6.45) is 7.94. The van der Waals surface area contributed by atoms with Gasteiger partial charge in [0.1, 0.15) is 5.70 Å². The van der Waals surface area contributed by atoms with E-state index in [9.17, 15) is 4.79 Å². The Morgan fingerprint density at radius 1 is 1.56 bits per heavy atom. The Hall–Kier alpha value is -2.24. The van der Waals surface area contributed by atoms with Crippen LogP contribution in [0, 0.1) is 0 Å². The Bertz CT molecular complexity index is 421. The van der Waals surface area contributed by atoms with Gasteiger partial charge in [0.15, 0.2) is 5.76 Å². The molecule has 0 aliphatic carbocycles. The molecule has 0 bridgehead atoms. The molecule has 84 valence electrons. The zero-order chi connectivity index (χ0) is 11.5. The minimum atomic E-state index is -0.419. The Morgan fingerprint density at radius 3 is 3.12 bits per heavy atom. The van der Waals surface area contributed by atoms with Crippen molar-refractivity contribution in [3.63, 3.8) is 0 Å². The van der Waals surface area contributed by atoms with E-state index < -0.39 is 6.09 Å². The maximum Gasteiger partial charge on any atom is 0.414 e. The third-order valence-electron chi connectivity index (χ3n) is 2.02. The van der Waals surface area contributed by atoms with Crippen LogP contribution in [0.25, 0.3) is 0 Å². The van der Waals surface area contributed by atoms with E-state index in [1.54, 1.807) is 50.0 Å². The zero-order valence-electron chi connectivity index (χ0n) is 9.04. The van der Waals surface area contributed by atoms with E-state index in [0.717, 1.165) is 0 Å². The summed E-state index contributed by atoms with van der Waals surface area (Å²) in [4.78, 5) is 16.8. The summed E-state index contributed by atoms with van der Waals surface area (Å²) in [5.41, 5.74) is 3.66. The number of nitrogens with zero attached hydrogens (tertiary/aromatic N) is 3. The fourth-order valence-electron chi connectivity index (χ4n) is 1.21. The highest BCUT2D eigenvalue weighted by Crippen LogP contribution is 2.17. The molecule has 6 nitrogen and oxygen atoms in total. The molecule has 1 amide bonds. The summed E-state index contributed by atoms with van der Waals surface area (Å²) in [7, 11) is 3.26. The summed E-state index contributed by atoms with van der Waals surface area (Å²) < 4.78 is 5.20. The van der Waals surface area contributed by atoms with Crippen molar-refractivity contribution in [1.82, 2.24) is 15.3 Å². The van der Waals surface area contributed by atoms with Gasteiger partial charge in [0, 0.05) is 38.8 Å². The number of rotatable bonds is 1. The molecular formula is C10H12N4O2. The SMILES string of the molecule is CN(C)C(=O)OC1=C2C=NC=CN2NC=C1. The summed E-state index contributed by atoms with van der Waals surface area (Å²) >= 11 is 0. The molecule has 2 heterocycles. The van der Waals surface area contributed by atoms with Gasteiger partial charge in [-0.1, -0.05) is 0 Å². The molecular weight excluding hydrogens is 208 g/mol. The minimum absolute atomic E-state index is 0.419. The van der Waals surface area contributed by atoms with E-state index >= 15 is 0 Å². The number of aliphatic imine (C=N–C) groups is 1. The number of amides is 1. The van der Waals surface area contributed by atoms with Crippen LogP contribution in [-0.2, 0) is 4.74 Å². The molecule has 0 atom stereocenters. The van der Waals surface area contributed by atoms with Crippen LogP contribution in [0.2, 0.25) is 0 Å². The number of hydrogen-bond donors (Lipinski definition) is 1. The highest BCUT2D eigenvalue weighted by Gasteiger charge is 2.19. The van der Waals surface area contributed by atoms with Gasteiger partial charge in [0.25, 0.3) is 0 Å². The molecule has 1 N–H and O–H groups in total. The van der Waals surface area contributed by atoms with E-state index in [2.05, 4.69) is 10.4 Å². The van der Waals surface area contributed by atoms with Crippen LogP contribution >= 0.6 is 0 Å². The molecule has 0 fully saturated rings. The number of ether oxygens (including phenoxy) is 1. The van der Waals surface area contributed by atoms with Crippen LogP contribution in [0.1, 0.15) is 0 Å². The van der Waals surface area contributed by atoms with E-state index in [-0.39, 0.29) is 0 Å². The number of hydrazine groups is 1. The summed E-state index contributed by atoms with van der Waals surface area (Å²) in [5, 5.41) is 1.71. The number of fused-ring (bicyclic) bond motifs is 1. The second-order valence-electron chi connectivity index (χ2n) is 3.42. The summed E-state index contributed by atoms with van der Waals surface area (Å²) in [6.45, 7) is 0. The van der Waals surface area contributed by atoms with Crippen LogP contribution < -0.4 is 5.43 Å². The predicted octanol–water partition coefficient (Wildman–Crippen LogP) is 0.786. The zero-order valence-corrected chi connectivity index (χ0v) is 9.04. The first kappa shape index (κ1) is 10.3. The minimum Gasteiger partial charge on any atom is -0.408 e. The van der Waals surface area contributed by atoms with Gasteiger partial charge >= 0.3 is 6.09 Å². The number of nitrogens with one attached hydrogen (secondary N) is 1. The van der Waals surface area contributed by atoms with Gasteiger partial charge in [0.05, 0.1) is 6.21 Å². The summed E-state index contributed by atoms with van der Waals surface area (Å²) in [5.74, 6) is 0.463. The smallest absolute Gasteiger partial charge is 0.408 e. The second-order valence-corrected chi connectivity index (χ2v) is 3.42. The Labute approximate surface area is 93.2 Å². The van der Waals surface area contributed by atoms with Crippen LogP contribution in [-0.4, -0.2) is 36.3 Å². The van der Waals surface area contributed by atoms with Crippen LogP contribution in [0.4, 0.5) is 4.79 Å². The lowest BCUT2D eigenvalue weighted by Crippen LogP contribution is -2.35. The van der Waals surface area contributed by atoms with Crippen molar-refractivity contribution < 1.29 is 9.53 Å². The Balaban J connectivity index is 2.22. The third kappa shape index (κ3) is 1.90. The van der Waals surface area contributed by atoms with Gasteiger partial charge < -0.3 is 15.1 Å². The number of carbonyl (C=O) groups is 1. The average Bonchev–Trinajstić information content (AvgIpc) is 2.29. The van der Waals surface area contributed by atoms with Gasteiger partial charge in [-0.3, -0.25) is 10.0 Å². The van der Waals surface area contributed by atoms with E-state index in [4.69, 9.17) is 4.74 Å². The molecule has 2 aliphatic rings. The number of carbonyl (C=O) groups excluding carboxylic acids is 1. The van der Waals surface area contributed by atoms with Crippen molar-refractivity contribution in [3.05, 3.63) is 36.1 Å². The Morgan fingerprint density at radius 2 is 2.38 bits per heavy atom. The van der Waals surface area contributed by atoms with Gasteiger partial charge in [-0.25, -0.2) is 4.79 Å². The predicted molar refractivity (Wildman–Crippen MR) is 58.9 cm³/mol. The normalized spacial score (nSPS) is 17.0.